The summed E-state index contributed by atoms with van der Waals surface area (Å²) in [7, 11) is 1.92. The number of carbonyl (C=O) groups is 1. The largest absolute Gasteiger partial charge is 0.355 e. The van der Waals surface area contributed by atoms with Gasteiger partial charge in [0.05, 0.1) is 11.6 Å². The van der Waals surface area contributed by atoms with Gasteiger partial charge in [-0.05, 0) is 30.7 Å². The molecule has 0 aliphatic heterocycles. The van der Waals surface area contributed by atoms with Crippen LogP contribution in [0.5, 0.6) is 0 Å². The highest BCUT2D eigenvalue weighted by Gasteiger charge is 2.13. The van der Waals surface area contributed by atoms with Gasteiger partial charge in [-0.15, -0.1) is 0 Å². The Morgan fingerprint density at radius 3 is 2.63 bits per heavy atom. The van der Waals surface area contributed by atoms with E-state index >= 15 is 0 Å². The molecular formula is C21H19N5O. The number of aryl methyl sites for hydroxylation is 1. The van der Waals surface area contributed by atoms with Crippen molar-refractivity contribution in [1.29, 1.82) is 5.26 Å². The Hall–Kier alpha value is -3.72. The maximum absolute atomic E-state index is 12.6. The highest BCUT2D eigenvalue weighted by atomic mass is 16.1. The zero-order chi connectivity index (χ0) is 19.2. The number of benzene rings is 2. The molecule has 1 aromatic heterocycles. The van der Waals surface area contributed by atoms with Gasteiger partial charge in [0.2, 0.25) is 0 Å². The van der Waals surface area contributed by atoms with Crippen LogP contribution in [0.1, 0.15) is 27.4 Å². The first-order valence-electron chi connectivity index (χ1n) is 8.47. The summed E-state index contributed by atoms with van der Waals surface area (Å²) in [6.07, 6.45) is 0. The van der Waals surface area contributed by atoms with E-state index in [1.165, 1.54) is 0 Å². The number of nitrogens with one attached hydrogen (secondary N) is 1. The Kier molecular flexibility index (Phi) is 5.43. The van der Waals surface area contributed by atoms with Crippen LogP contribution >= 0.6 is 0 Å². The van der Waals surface area contributed by atoms with E-state index in [-0.39, 0.29) is 11.6 Å². The van der Waals surface area contributed by atoms with Gasteiger partial charge in [0.1, 0.15) is 17.3 Å². The molecule has 0 bridgehead atoms. The molecule has 0 aliphatic rings. The van der Waals surface area contributed by atoms with E-state index in [9.17, 15) is 4.79 Å². The summed E-state index contributed by atoms with van der Waals surface area (Å²) in [5.74, 6) is 0.843. The van der Waals surface area contributed by atoms with E-state index in [1.54, 1.807) is 37.3 Å². The second kappa shape index (κ2) is 8.11. The van der Waals surface area contributed by atoms with Crippen molar-refractivity contribution >= 4 is 17.4 Å². The molecule has 134 valence electrons. The maximum Gasteiger partial charge on any atom is 0.274 e. The minimum Gasteiger partial charge on any atom is -0.355 e. The van der Waals surface area contributed by atoms with E-state index in [1.807, 2.05) is 42.3 Å². The fourth-order valence-corrected chi connectivity index (χ4v) is 2.66. The number of anilines is 2. The Bertz CT molecular complexity index is 995. The Labute approximate surface area is 158 Å². The van der Waals surface area contributed by atoms with Crippen LogP contribution in [0.2, 0.25) is 0 Å². The third kappa shape index (κ3) is 4.67. The molecule has 1 N–H and O–H groups in total. The number of hydrogen-bond donors (Lipinski definition) is 1. The molecule has 3 rings (SSSR count). The van der Waals surface area contributed by atoms with E-state index in [0.29, 0.717) is 29.4 Å². The second-order valence-electron chi connectivity index (χ2n) is 6.15. The summed E-state index contributed by atoms with van der Waals surface area (Å²) in [5, 5.41) is 11.8. The van der Waals surface area contributed by atoms with Crippen LogP contribution in [0.4, 0.5) is 11.5 Å². The zero-order valence-corrected chi connectivity index (χ0v) is 15.2. The van der Waals surface area contributed by atoms with Crippen LogP contribution in [0.3, 0.4) is 0 Å². The SMILES string of the molecule is Cc1nc(C(=O)Nc2cccc(C#N)c2)cc(N(C)Cc2ccccc2)n1. The third-order valence-electron chi connectivity index (χ3n) is 3.96. The van der Waals surface area contributed by atoms with Gasteiger partial charge in [0.25, 0.3) is 5.91 Å². The Balaban J connectivity index is 1.79. The topological polar surface area (TPSA) is 81.9 Å². The molecule has 6 nitrogen and oxygen atoms in total. The molecule has 1 amide bonds. The molecule has 0 fully saturated rings. The highest BCUT2D eigenvalue weighted by molar-refractivity contribution is 6.03. The summed E-state index contributed by atoms with van der Waals surface area (Å²) < 4.78 is 0. The molecule has 0 saturated heterocycles. The molecular weight excluding hydrogens is 338 g/mol. The van der Waals surface area contributed by atoms with Gasteiger partial charge in [-0.2, -0.15) is 5.26 Å². The molecule has 3 aromatic rings. The summed E-state index contributed by atoms with van der Waals surface area (Å²) in [4.78, 5) is 23.3. The zero-order valence-electron chi connectivity index (χ0n) is 15.2. The molecule has 27 heavy (non-hydrogen) atoms. The van der Waals surface area contributed by atoms with Crippen LogP contribution in [-0.2, 0) is 6.54 Å². The number of amides is 1. The van der Waals surface area contributed by atoms with Crippen molar-refractivity contribution in [2.24, 2.45) is 0 Å². The van der Waals surface area contributed by atoms with Gasteiger partial charge in [-0.25, -0.2) is 9.97 Å². The van der Waals surface area contributed by atoms with Crippen molar-refractivity contribution in [3.05, 3.63) is 83.3 Å². The highest BCUT2D eigenvalue weighted by Crippen LogP contribution is 2.16. The van der Waals surface area contributed by atoms with Crippen molar-refractivity contribution in [3.63, 3.8) is 0 Å². The number of nitriles is 1. The lowest BCUT2D eigenvalue weighted by Crippen LogP contribution is -2.21. The van der Waals surface area contributed by atoms with Gasteiger partial charge in [0.15, 0.2) is 0 Å². The first-order chi connectivity index (χ1) is 13.0. The number of carbonyl (C=O) groups excluding carboxylic acids is 1. The lowest BCUT2D eigenvalue weighted by molar-refractivity contribution is 0.102. The van der Waals surface area contributed by atoms with Crippen LogP contribution in [0, 0.1) is 18.3 Å². The quantitative estimate of drug-likeness (QED) is 0.755. The van der Waals surface area contributed by atoms with Crippen LogP contribution < -0.4 is 10.2 Å². The summed E-state index contributed by atoms with van der Waals surface area (Å²) in [6.45, 7) is 2.43. The molecule has 1 heterocycles. The predicted octanol–water partition coefficient (Wildman–Crippen LogP) is 3.55. The van der Waals surface area contributed by atoms with Crippen LogP contribution in [0.25, 0.3) is 0 Å². The van der Waals surface area contributed by atoms with E-state index in [4.69, 9.17) is 5.26 Å². The van der Waals surface area contributed by atoms with Gasteiger partial charge in [-0.1, -0.05) is 36.4 Å². The number of hydrogen-bond acceptors (Lipinski definition) is 5. The average molecular weight is 357 g/mol. The van der Waals surface area contributed by atoms with Gasteiger partial charge in [-0.3, -0.25) is 4.79 Å². The van der Waals surface area contributed by atoms with E-state index in [2.05, 4.69) is 21.4 Å². The second-order valence-corrected chi connectivity index (χ2v) is 6.15. The summed E-state index contributed by atoms with van der Waals surface area (Å²) in [5.41, 5.74) is 2.46. The average Bonchev–Trinajstić information content (AvgIpc) is 2.68. The monoisotopic (exact) mass is 357 g/mol. The minimum atomic E-state index is -0.343. The maximum atomic E-state index is 12.6. The number of rotatable bonds is 5. The first kappa shape index (κ1) is 18.1. The molecule has 0 aliphatic carbocycles. The van der Waals surface area contributed by atoms with Crippen molar-refractivity contribution in [1.82, 2.24) is 9.97 Å². The molecule has 6 heteroatoms. The van der Waals surface area contributed by atoms with Crippen LogP contribution in [0.15, 0.2) is 60.7 Å². The van der Waals surface area contributed by atoms with Gasteiger partial charge in [0, 0.05) is 25.3 Å². The molecule has 0 saturated carbocycles. The predicted molar refractivity (Wildman–Crippen MR) is 104 cm³/mol. The fraction of sp³-hybridized carbons (Fsp3) is 0.143. The van der Waals surface area contributed by atoms with Crippen LogP contribution in [-0.4, -0.2) is 22.9 Å². The van der Waals surface area contributed by atoms with Crippen molar-refractivity contribution < 1.29 is 4.79 Å². The van der Waals surface area contributed by atoms with E-state index in [0.717, 1.165) is 5.56 Å². The Morgan fingerprint density at radius 1 is 1.11 bits per heavy atom. The number of aromatic nitrogens is 2. The van der Waals surface area contributed by atoms with Crippen molar-refractivity contribution in [3.8, 4) is 6.07 Å². The minimum absolute atomic E-state index is 0.278. The van der Waals surface area contributed by atoms with Gasteiger partial charge < -0.3 is 10.2 Å². The smallest absolute Gasteiger partial charge is 0.274 e. The van der Waals surface area contributed by atoms with Crippen molar-refractivity contribution in [2.45, 2.75) is 13.5 Å². The summed E-state index contributed by atoms with van der Waals surface area (Å²) in [6, 6.07) is 20.5. The fourth-order valence-electron chi connectivity index (χ4n) is 2.66. The lowest BCUT2D eigenvalue weighted by atomic mass is 10.2. The molecule has 0 unspecified atom stereocenters. The first-order valence-corrected chi connectivity index (χ1v) is 8.47. The standard InChI is InChI=1S/C21H19N5O/c1-15-23-19(21(27)25-18-10-6-9-17(11-18)13-22)12-20(24-15)26(2)14-16-7-4-3-5-8-16/h3-12H,14H2,1-2H3,(H,25,27). The van der Waals surface area contributed by atoms with Gasteiger partial charge >= 0.3 is 0 Å². The molecule has 2 aromatic carbocycles. The normalized spacial score (nSPS) is 10.1. The third-order valence-corrected chi connectivity index (χ3v) is 3.96. The molecule has 0 radical (unpaired) electrons. The van der Waals surface area contributed by atoms with Crippen molar-refractivity contribution in [2.75, 3.05) is 17.3 Å². The van der Waals surface area contributed by atoms with E-state index < -0.39 is 0 Å². The summed E-state index contributed by atoms with van der Waals surface area (Å²) >= 11 is 0. The Morgan fingerprint density at radius 2 is 1.89 bits per heavy atom. The number of nitrogens with zero attached hydrogens (tertiary/aromatic N) is 4. The molecule has 0 atom stereocenters. The lowest BCUT2D eigenvalue weighted by Gasteiger charge is -2.19. The molecule has 0 spiro atoms.